The number of benzene rings is 1. The van der Waals surface area contributed by atoms with E-state index >= 15 is 0 Å². The first-order chi connectivity index (χ1) is 5.33. The molecule has 0 aromatic heterocycles. The first-order valence-electron chi connectivity index (χ1n) is 3.50. The first kappa shape index (κ1) is 8.34. The SMILES string of the molecule is C=NC(C)Sc1ccccc1. The lowest BCUT2D eigenvalue weighted by Gasteiger charge is -2.03. The second kappa shape index (κ2) is 4.19. The zero-order valence-electron chi connectivity index (χ0n) is 6.53. The molecule has 0 N–H and O–H groups in total. The summed E-state index contributed by atoms with van der Waals surface area (Å²) in [5.74, 6) is 0. The molecule has 1 atom stereocenters. The highest BCUT2D eigenvalue weighted by Crippen LogP contribution is 2.22. The fourth-order valence-electron chi connectivity index (χ4n) is 0.733. The van der Waals surface area contributed by atoms with Crippen molar-refractivity contribution in [3.05, 3.63) is 30.3 Å². The molecule has 0 aliphatic rings. The van der Waals surface area contributed by atoms with Gasteiger partial charge in [0, 0.05) is 4.90 Å². The number of hydrogen-bond donors (Lipinski definition) is 0. The molecule has 0 saturated carbocycles. The molecule has 0 spiro atoms. The van der Waals surface area contributed by atoms with Gasteiger partial charge in [-0.2, -0.15) is 0 Å². The van der Waals surface area contributed by atoms with E-state index in [0.717, 1.165) is 0 Å². The molecule has 0 bridgehead atoms. The first-order valence-corrected chi connectivity index (χ1v) is 4.38. The molecular weight excluding hydrogens is 154 g/mol. The maximum Gasteiger partial charge on any atom is 0.0962 e. The van der Waals surface area contributed by atoms with Crippen molar-refractivity contribution in [3.63, 3.8) is 0 Å². The highest BCUT2D eigenvalue weighted by atomic mass is 32.2. The molecule has 58 valence electrons. The zero-order chi connectivity index (χ0) is 8.10. The van der Waals surface area contributed by atoms with E-state index in [0.29, 0.717) is 0 Å². The van der Waals surface area contributed by atoms with Crippen molar-refractivity contribution in [3.8, 4) is 0 Å². The molecule has 1 rings (SSSR count). The van der Waals surface area contributed by atoms with Gasteiger partial charge in [-0.1, -0.05) is 30.0 Å². The Morgan fingerprint density at radius 3 is 2.55 bits per heavy atom. The van der Waals surface area contributed by atoms with Crippen LogP contribution in [0.1, 0.15) is 6.92 Å². The second-order valence-electron chi connectivity index (χ2n) is 2.21. The van der Waals surface area contributed by atoms with E-state index in [-0.39, 0.29) is 5.37 Å². The quantitative estimate of drug-likeness (QED) is 0.495. The van der Waals surface area contributed by atoms with Crippen molar-refractivity contribution in [2.75, 3.05) is 0 Å². The van der Waals surface area contributed by atoms with Crippen LogP contribution in [0.25, 0.3) is 0 Å². The summed E-state index contributed by atoms with van der Waals surface area (Å²) in [7, 11) is 0. The highest BCUT2D eigenvalue weighted by Gasteiger charge is 1.97. The van der Waals surface area contributed by atoms with E-state index in [1.165, 1.54) is 4.90 Å². The van der Waals surface area contributed by atoms with Gasteiger partial charge in [0.2, 0.25) is 0 Å². The van der Waals surface area contributed by atoms with Crippen LogP contribution in [0.5, 0.6) is 0 Å². The van der Waals surface area contributed by atoms with Gasteiger partial charge >= 0.3 is 0 Å². The summed E-state index contributed by atoms with van der Waals surface area (Å²) in [5.41, 5.74) is 0. The second-order valence-corrected chi connectivity index (χ2v) is 3.60. The molecule has 1 unspecified atom stereocenters. The van der Waals surface area contributed by atoms with E-state index in [2.05, 4.69) is 23.8 Å². The minimum atomic E-state index is 0.248. The minimum Gasteiger partial charge on any atom is -0.287 e. The van der Waals surface area contributed by atoms with Gasteiger partial charge < -0.3 is 0 Å². The molecule has 0 amide bonds. The smallest absolute Gasteiger partial charge is 0.0962 e. The van der Waals surface area contributed by atoms with Crippen LogP contribution in [0.2, 0.25) is 0 Å². The Bertz CT molecular complexity index is 220. The molecule has 11 heavy (non-hydrogen) atoms. The van der Waals surface area contributed by atoms with Gasteiger partial charge in [0.05, 0.1) is 5.37 Å². The Balaban J connectivity index is 2.57. The summed E-state index contributed by atoms with van der Waals surface area (Å²) in [6.07, 6.45) is 0. The Morgan fingerprint density at radius 2 is 2.00 bits per heavy atom. The van der Waals surface area contributed by atoms with Crippen LogP contribution in [0.15, 0.2) is 40.2 Å². The van der Waals surface area contributed by atoms with Crippen LogP contribution in [-0.4, -0.2) is 12.1 Å². The van der Waals surface area contributed by atoms with E-state index in [1.54, 1.807) is 11.8 Å². The third-order valence-corrected chi connectivity index (χ3v) is 2.34. The van der Waals surface area contributed by atoms with Gasteiger partial charge in [-0.3, -0.25) is 4.99 Å². The van der Waals surface area contributed by atoms with Crippen molar-refractivity contribution >= 4 is 18.5 Å². The monoisotopic (exact) mass is 165 g/mol. The fraction of sp³-hybridized carbons (Fsp3) is 0.222. The maximum absolute atomic E-state index is 3.90. The largest absolute Gasteiger partial charge is 0.287 e. The molecule has 0 aliphatic carbocycles. The average Bonchev–Trinajstić information content (AvgIpc) is 2.06. The van der Waals surface area contributed by atoms with E-state index in [1.807, 2.05) is 25.1 Å². The Labute approximate surface area is 71.5 Å². The van der Waals surface area contributed by atoms with Gasteiger partial charge in [0.25, 0.3) is 0 Å². The van der Waals surface area contributed by atoms with Gasteiger partial charge in [-0.25, -0.2) is 0 Å². The van der Waals surface area contributed by atoms with Crippen molar-refractivity contribution in [1.29, 1.82) is 0 Å². The standard InChI is InChI=1S/C9H11NS/c1-8(10-2)11-9-6-4-3-5-7-9/h3-8H,2H2,1H3. The van der Waals surface area contributed by atoms with Crippen LogP contribution in [-0.2, 0) is 0 Å². The van der Waals surface area contributed by atoms with Crippen molar-refractivity contribution in [2.24, 2.45) is 4.99 Å². The summed E-state index contributed by atoms with van der Waals surface area (Å²) in [5, 5.41) is 0.248. The van der Waals surface area contributed by atoms with Crippen molar-refractivity contribution in [2.45, 2.75) is 17.2 Å². The Hall–Kier alpha value is -0.760. The lowest BCUT2D eigenvalue weighted by Crippen LogP contribution is -1.87. The van der Waals surface area contributed by atoms with Crippen molar-refractivity contribution < 1.29 is 0 Å². The van der Waals surface area contributed by atoms with Crippen LogP contribution < -0.4 is 0 Å². The number of rotatable bonds is 3. The molecular formula is C9H11NS. The molecule has 2 heteroatoms. The summed E-state index contributed by atoms with van der Waals surface area (Å²) in [6, 6.07) is 10.2. The van der Waals surface area contributed by atoms with Crippen LogP contribution in [0.4, 0.5) is 0 Å². The molecule has 0 aliphatic heterocycles. The topological polar surface area (TPSA) is 12.4 Å². The maximum atomic E-state index is 3.90. The predicted molar refractivity (Wildman–Crippen MR) is 51.3 cm³/mol. The molecule has 1 aromatic carbocycles. The van der Waals surface area contributed by atoms with E-state index < -0.39 is 0 Å². The Kier molecular flexibility index (Phi) is 3.17. The Morgan fingerprint density at radius 1 is 1.36 bits per heavy atom. The van der Waals surface area contributed by atoms with Gasteiger partial charge in [0.15, 0.2) is 0 Å². The third kappa shape index (κ3) is 2.76. The number of aliphatic imine (C=N–C) groups is 1. The number of nitrogens with zero attached hydrogens (tertiary/aromatic N) is 1. The molecule has 0 heterocycles. The van der Waals surface area contributed by atoms with Crippen LogP contribution >= 0.6 is 11.8 Å². The molecule has 1 nitrogen and oxygen atoms in total. The predicted octanol–water partition coefficient (Wildman–Crippen LogP) is 2.83. The third-order valence-electron chi connectivity index (χ3n) is 1.31. The molecule has 0 fully saturated rings. The molecule has 0 saturated heterocycles. The van der Waals surface area contributed by atoms with Gasteiger partial charge in [-0.15, -0.1) is 0 Å². The van der Waals surface area contributed by atoms with Crippen LogP contribution in [0.3, 0.4) is 0 Å². The van der Waals surface area contributed by atoms with Gasteiger partial charge in [0.1, 0.15) is 0 Å². The highest BCUT2D eigenvalue weighted by molar-refractivity contribution is 7.99. The van der Waals surface area contributed by atoms with E-state index in [9.17, 15) is 0 Å². The van der Waals surface area contributed by atoms with Gasteiger partial charge in [-0.05, 0) is 25.8 Å². The zero-order valence-corrected chi connectivity index (χ0v) is 7.34. The number of hydrogen-bond acceptors (Lipinski definition) is 2. The normalized spacial score (nSPS) is 12.5. The lowest BCUT2D eigenvalue weighted by molar-refractivity contribution is 1.06. The fourth-order valence-corrected chi connectivity index (χ4v) is 1.52. The summed E-state index contributed by atoms with van der Waals surface area (Å²) in [6.45, 7) is 5.52. The average molecular weight is 165 g/mol. The molecule has 1 aromatic rings. The lowest BCUT2D eigenvalue weighted by atomic mass is 10.4. The van der Waals surface area contributed by atoms with E-state index in [4.69, 9.17) is 0 Å². The summed E-state index contributed by atoms with van der Waals surface area (Å²) in [4.78, 5) is 5.14. The number of thioether (sulfide) groups is 1. The van der Waals surface area contributed by atoms with Crippen LogP contribution in [0, 0.1) is 0 Å². The summed E-state index contributed by atoms with van der Waals surface area (Å²) < 4.78 is 0. The van der Waals surface area contributed by atoms with Crippen molar-refractivity contribution in [1.82, 2.24) is 0 Å². The molecule has 0 radical (unpaired) electrons. The minimum absolute atomic E-state index is 0.248. The summed E-state index contributed by atoms with van der Waals surface area (Å²) >= 11 is 1.71.